The Morgan fingerprint density at radius 2 is 2.39 bits per heavy atom. The smallest absolute Gasteiger partial charge is 0.164 e. The first kappa shape index (κ1) is 13.5. The highest BCUT2D eigenvalue weighted by Crippen LogP contribution is 2.08. The molecule has 2 rings (SSSR count). The largest absolute Gasteiger partial charge is 0.374 e. The first-order chi connectivity index (χ1) is 8.65. The van der Waals surface area contributed by atoms with Crippen LogP contribution >= 0.6 is 0 Å². The van der Waals surface area contributed by atoms with Crippen molar-refractivity contribution in [3.8, 4) is 0 Å². The lowest BCUT2D eigenvalue weighted by Gasteiger charge is -2.35. The van der Waals surface area contributed by atoms with Gasteiger partial charge in [-0.1, -0.05) is 0 Å². The Hall–Kier alpha value is -0.980. The van der Waals surface area contributed by atoms with Crippen molar-refractivity contribution >= 4 is 0 Å². The normalized spacial score (nSPS) is 21.7. The van der Waals surface area contributed by atoms with Crippen LogP contribution in [0.1, 0.15) is 19.7 Å². The minimum atomic E-state index is 0.268. The summed E-state index contributed by atoms with van der Waals surface area (Å²) in [5, 5.41) is 7.58. The average Bonchev–Trinajstić information content (AvgIpc) is 2.75. The van der Waals surface area contributed by atoms with Crippen molar-refractivity contribution in [2.75, 3.05) is 26.2 Å². The third kappa shape index (κ3) is 3.76. The molecule has 0 spiro atoms. The molecule has 102 valence electrons. The zero-order chi connectivity index (χ0) is 13.0. The third-order valence-corrected chi connectivity index (χ3v) is 3.20. The molecule has 1 N–H and O–H groups in total. The molecule has 1 atom stereocenters. The highest BCUT2D eigenvalue weighted by molar-refractivity contribution is 4.82. The number of aromatic nitrogens is 3. The number of nitrogens with zero attached hydrogens (tertiary/aromatic N) is 4. The van der Waals surface area contributed by atoms with Gasteiger partial charge in [-0.05, 0) is 13.8 Å². The van der Waals surface area contributed by atoms with Crippen LogP contribution in [-0.2, 0) is 18.3 Å². The lowest BCUT2D eigenvalue weighted by atomic mass is 10.2. The van der Waals surface area contributed by atoms with Gasteiger partial charge in [0.25, 0.3) is 0 Å². The summed E-state index contributed by atoms with van der Waals surface area (Å²) in [5.41, 5.74) is 0. The van der Waals surface area contributed by atoms with E-state index < -0.39 is 0 Å². The molecular weight excluding hydrogens is 230 g/mol. The molecule has 1 saturated heterocycles. The van der Waals surface area contributed by atoms with Crippen LogP contribution in [0.3, 0.4) is 0 Å². The van der Waals surface area contributed by atoms with Gasteiger partial charge in [-0.2, -0.15) is 5.10 Å². The molecule has 1 unspecified atom stereocenters. The molecule has 0 aromatic carbocycles. The van der Waals surface area contributed by atoms with Gasteiger partial charge in [-0.15, -0.1) is 0 Å². The molecule has 0 aliphatic carbocycles. The van der Waals surface area contributed by atoms with E-state index in [4.69, 9.17) is 4.74 Å². The number of ether oxygens (including phenoxy) is 1. The van der Waals surface area contributed by atoms with E-state index in [0.717, 1.165) is 32.1 Å². The molecular formula is C12H23N5O. The Morgan fingerprint density at radius 1 is 1.56 bits per heavy atom. The van der Waals surface area contributed by atoms with Gasteiger partial charge in [0.2, 0.25) is 0 Å². The Labute approximate surface area is 108 Å². The number of nitrogens with one attached hydrogen (secondary N) is 1. The zero-order valence-electron chi connectivity index (χ0n) is 11.5. The molecule has 1 aromatic rings. The second kappa shape index (κ2) is 6.26. The van der Waals surface area contributed by atoms with Crippen LogP contribution in [0.25, 0.3) is 0 Å². The van der Waals surface area contributed by atoms with Crippen molar-refractivity contribution in [3.05, 3.63) is 12.2 Å². The van der Waals surface area contributed by atoms with Crippen LogP contribution in [0.5, 0.6) is 0 Å². The quantitative estimate of drug-likeness (QED) is 0.801. The van der Waals surface area contributed by atoms with Crippen LogP contribution in [0.15, 0.2) is 6.33 Å². The maximum Gasteiger partial charge on any atom is 0.164 e. The number of morpholine rings is 1. The number of hydrogen-bond donors (Lipinski definition) is 1. The van der Waals surface area contributed by atoms with Crippen molar-refractivity contribution in [2.24, 2.45) is 7.05 Å². The molecule has 1 aliphatic heterocycles. The molecule has 0 bridgehead atoms. The van der Waals surface area contributed by atoms with Crippen molar-refractivity contribution in [3.63, 3.8) is 0 Å². The zero-order valence-corrected chi connectivity index (χ0v) is 11.5. The number of hydrogen-bond acceptors (Lipinski definition) is 5. The van der Waals surface area contributed by atoms with Crippen LogP contribution in [0.2, 0.25) is 0 Å². The summed E-state index contributed by atoms with van der Waals surface area (Å²) in [6.45, 7) is 8.87. The van der Waals surface area contributed by atoms with Gasteiger partial charge < -0.3 is 10.1 Å². The summed E-state index contributed by atoms with van der Waals surface area (Å²) in [6.07, 6.45) is 1.99. The van der Waals surface area contributed by atoms with Gasteiger partial charge in [0.15, 0.2) is 5.82 Å². The Balaban J connectivity index is 1.70. The van der Waals surface area contributed by atoms with Crippen LogP contribution < -0.4 is 5.32 Å². The highest BCUT2D eigenvalue weighted by atomic mass is 16.5. The second-order valence-corrected chi connectivity index (χ2v) is 5.05. The molecule has 6 heteroatoms. The molecule has 2 heterocycles. The van der Waals surface area contributed by atoms with Crippen molar-refractivity contribution < 1.29 is 4.74 Å². The van der Waals surface area contributed by atoms with Crippen LogP contribution in [0.4, 0.5) is 0 Å². The standard InChI is InChI=1S/C12H23N5O/c1-10(2)17-4-5-18-11(8-17)6-13-7-12-14-9-16(3)15-12/h9-11,13H,4-8H2,1-3H3. The number of aryl methyl sites for hydroxylation is 1. The van der Waals surface area contributed by atoms with E-state index in [1.54, 1.807) is 11.0 Å². The summed E-state index contributed by atoms with van der Waals surface area (Å²) >= 11 is 0. The SMILES string of the molecule is CC(C)N1CCOC(CNCc2ncn(C)n2)C1. The van der Waals surface area contributed by atoms with Gasteiger partial charge in [-0.3, -0.25) is 9.58 Å². The van der Waals surface area contributed by atoms with Crippen molar-refractivity contribution in [1.82, 2.24) is 25.0 Å². The average molecular weight is 253 g/mol. The van der Waals surface area contributed by atoms with Gasteiger partial charge >= 0.3 is 0 Å². The summed E-state index contributed by atoms with van der Waals surface area (Å²) in [4.78, 5) is 6.63. The lowest BCUT2D eigenvalue weighted by molar-refractivity contribution is -0.0373. The van der Waals surface area contributed by atoms with E-state index in [2.05, 4.69) is 34.1 Å². The van der Waals surface area contributed by atoms with Gasteiger partial charge in [-0.25, -0.2) is 4.98 Å². The maximum absolute atomic E-state index is 5.75. The molecule has 1 aromatic heterocycles. The Kier molecular flexibility index (Phi) is 4.68. The molecule has 0 radical (unpaired) electrons. The van der Waals surface area contributed by atoms with E-state index in [-0.39, 0.29) is 6.10 Å². The lowest BCUT2D eigenvalue weighted by Crippen LogP contribution is -2.49. The van der Waals surface area contributed by atoms with E-state index in [0.29, 0.717) is 12.6 Å². The molecule has 18 heavy (non-hydrogen) atoms. The monoisotopic (exact) mass is 253 g/mol. The topological polar surface area (TPSA) is 55.2 Å². The molecule has 1 aliphatic rings. The van der Waals surface area contributed by atoms with Crippen LogP contribution in [-0.4, -0.2) is 58.1 Å². The molecule has 0 amide bonds. The fourth-order valence-corrected chi connectivity index (χ4v) is 2.14. The van der Waals surface area contributed by atoms with Gasteiger partial charge in [0, 0.05) is 32.7 Å². The highest BCUT2D eigenvalue weighted by Gasteiger charge is 2.21. The van der Waals surface area contributed by atoms with E-state index in [1.807, 2.05) is 7.05 Å². The minimum Gasteiger partial charge on any atom is -0.374 e. The number of rotatable bonds is 5. The first-order valence-electron chi connectivity index (χ1n) is 6.56. The second-order valence-electron chi connectivity index (χ2n) is 5.05. The maximum atomic E-state index is 5.75. The van der Waals surface area contributed by atoms with E-state index >= 15 is 0 Å². The fraction of sp³-hybridized carbons (Fsp3) is 0.833. The Bertz CT molecular complexity index is 365. The summed E-state index contributed by atoms with van der Waals surface area (Å²) in [5.74, 6) is 0.828. The first-order valence-corrected chi connectivity index (χ1v) is 6.56. The summed E-state index contributed by atoms with van der Waals surface area (Å²) < 4.78 is 7.47. The molecule has 6 nitrogen and oxygen atoms in total. The summed E-state index contributed by atoms with van der Waals surface area (Å²) in [6, 6.07) is 0.592. The summed E-state index contributed by atoms with van der Waals surface area (Å²) in [7, 11) is 1.88. The minimum absolute atomic E-state index is 0.268. The predicted octanol–water partition coefficient (Wildman–Crippen LogP) is 0.0139. The predicted molar refractivity (Wildman–Crippen MR) is 69.2 cm³/mol. The Morgan fingerprint density at radius 3 is 3.06 bits per heavy atom. The van der Waals surface area contributed by atoms with Crippen molar-refractivity contribution in [1.29, 1.82) is 0 Å². The molecule has 1 fully saturated rings. The molecule has 0 saturated carbocycles. The third-order valence-electron chi connectivity index (χ3n) is 3.20. The van der Waals surface area contributed by atoms with Gasteiger partial charge in [0.05, 0.1) is 19.3 Å². The fourth-order valence-electron chi connectivity index (χ4n) is 2.14. The van der Waals surface area contributed by atoms with E-state index in [9.17, 15) is 0 Å². The van der Waals surface area contributed by atoms with Gasteiger partial charge in [0.1, 0.15) is 6.33 Å². The van der Waals surface area contributed by atoms with Crippen molar-refractivity contribution in [2.45, 2.75) is 32.5 Å². The van der Waals surface area contributed by atoms with E-state index in [1.165, 1.54) is 0 Å². The van der Waals surface area contributed by atoms with Crippen LogP contribution in [0, 0.1) is 0 Å².